The highest BCUT2D eigenvalue weighted by Gasteiger charge is 2.05. The summed E-state index contributed by atoms with van der Waals surface area (Å²) in [5, 5.41) is 0. The molecule has 1 heterocycles. The van der Waals surface area contributed by atoms with Crippen LogP contribution in [0.15, 0.2) is 42.5 Å². The highest BCUT2D eigenvalue weighted by molar-refractivity contribution is 7.14. The normalized spacial score (nSPS) is 11.0. The van der Waals surface area contributed by atoms with Gasteiger partial charge in [-0.15, -0.1) is 11.3 Å². The third-order valence-electron chi connectivity index (χ3n) is 3.24. The minimum absolute atomic E-state index is 0.0824. The van der Waals surface area contributed by atoms with E-state index in [1.54, 1.807) is 17.4 Å². The number of aryl methyl sites for hydroxylation is 1. The maximum absolute atomic E-state index is 12.1. The van der Waals surface area contributed by atoms with Crippen LogP contribution < -0.4 is 4.90 Å². The topological polar surface area (TPSA) is 20.3 Å². The summed E-state index contributed by atoms with van der Waals surface area (Å²) in [5.41, 5.74) is 2.19. The summed E-state index contributed by atoms with van der Waals surface area (Å²) in [7, 11) is 4.03. The van der Waals surface area contributed by atoms with Crippen molar-refractivity contribution in [2.75, 3.05) is 19.0 Å². The Morgan fingerprint density at radius 1 is 1.14 bits per heavy atom. The van der Waals surface area contributed by atoms with Gasteiger partial charge in [0, 0.05) is 24.7 Å². The van der Waals surface area contributed by atoms with Gasteiger partial charge in [-0.25, -0.2) is 0 Å². The van der Waals surface area contributed by atoms with Gasteiger partial charge < -0.3 is 4.90 Å². The molecule has 1 aromatic carbocycles. The number of carbonyl (C=O) groups is 1. The van der Waals surface area contributed by atoms with Crippen LogP contribution in [0.25, 0.3) is 6.08 Å². The Hall–Kier alpha value is -1.87. The molecule has 0 fully saturated rings. The van der Waals surface area contributed by atoms with Crippen LogP contribution in [-0.4, -0.2) is 19.9 Å². The lowest BCUT2D eigenvalue weighted by Crippen LogP contribution is -2.07. The molecule has 0 aliphatic rings. The first-order valence-corrected chi connectivity index (χ1v) is 8.00. The number of hydrogen-bond donors (Lipinski definition) is 0. The van der Waals surface area contributed by atoms with Crippen LogP contribution in [0.1, 0.15) is 33.5 Å². The van der Waals surface area contributed by atoms with Gasteiger partial charge in [-0.1, -0.05) is 31.6 Å². The average molecular weight is 299 g/mol. The zero-order valence-electron chi connectivity index (χ0n) is 12.8. The van der Waals surface area contributed by atoms with E-state index in [0.717, 1.165) is 29.0 Å². The Bertz CT molecular complexity index is 623. The third kappa shape index (κ3) is 4.30. The van der Waals surface area contributed by atoms with E-state index in [-0.39, 0.29) is 5.78 Å². The Balaban J connectivity index is 2.03. The number of ketones is 1. The summed E-state index contributed by atoms with van der Waals surface area (Å²) >= 11 is 1.60. The van der Waals surface area contributed by atoms with Crippen molar-refractivity contribution in [2.45, 2.75) is 19.8 Å². The lowest BCUT2D eigenvalue weighted by molar-refractivity contribution is 0.105. The number of anilines is 1. The van der Waals surface area contributed by atoms with Crippen molar-refractivity contribution in [1.29, 1.82) is 0 Å². The van der Waals surface area contributed by atoms with Crippen LogP contribution in [0.5, 0.6) is 0 Å². The molecule has 3 heteroatoms. The van der Waals surface area contributed by atoms with E-state index in [2.05, 4.69) is 30.0 Å². The summed E-state index contributed by atoms with van der Waals surface area (Å²) in [6.07, 6.45) is 5.70. The minimum Gasteiger partial charge on any atom is -0.378 e. The molecule has 0 aliphatic carbocycles. The lowest BCUT2D eigenvalue weighted by Gasteiger charge is -2.11. The summed E-state index contributed by atoms with van der Waals surface area (Å²) in [5.74, 6) is 0.0824. The Kier molecular flexibility index (Phi) is 5.34. The van der Waals surface area contributed by atoms with Gasteiger partial charge in [0.2, 0.25) is 0 Å². The molecule has 21 heavy (non-hydrogen) atoms. The van der Waals surface area contributed by atoms with E-state index in [1.165, 1.54) is 4.88 Å². The number of nitrogens with zero attached hydrogens (tertiary/aromatic N) is 1. The number of carbonyl (C=O) groups excluding carboxylic acids is 1. The zero-order valence-corrected chi connectivity index (χ0v) is 13.6. The van der Waals surface area contributed by atoms with Crippen LogP contribution in [-0.2, 0) is 6.42 Å². The van der Waals surface area contributed by atoms with Crippen LogP contribution in [0.3, 0.4) is 0 Å². The molecule has 0 spiro atoms. The van der Waals surface area contributed by atoms with Crippen LogP contribution in [0, 0.1) is 0 Å². The van der Waals surface area contributed by atoms with E-state index in [1.807, 2.05) is 38.4 Å². The van der Waals surface area contributed by atoms with Crippen molar-refractivity contribution < 1.29 is 4.79 Å². The van der Waals surface area contributed by atoms with Crippen molar-refractivity contribution in [2.24, 2.45) is 0 Å². The molecule has 2 nitrogen and oxygen atoms in total. The Morgan fingerprint density at radius 3 is 2.48 bits per heavy atom. The van der Waals surface area contributed by atoms with E-state index >= 15 is 0 Å². The van der Waals surface area contributed by atoms with E-state index in [0.29, 0.717) is 0 Å². The molecular formula is C18H21NOS. The highest BCUT2D eigenvalue weighted by atomic mass is 32.1. The monoisotopic (exact) mass is 299 g/mol. The predicted molar refractivity (Wildman–Crippen MR) is 92.4 cm³/mol. The van der Waals surface area contributed by atoms with Crippen molar-refractivity contribution in [3.63, 3.8) is 0 Å². The Morgan fingerprint density at radius 2 is 1.86 bits per heavy atom. The van der Waals surface area contributed by atoms with E-state index in [4.69, 9.17) is 0 Å². The van der Waals surface area contributed by atoms with E-state index < -0.39 is 0 Å². The molecule has 0 aliphatic heterocycles. The number of rotatable bonds is 6. The molecule has 0 amide bonds. The molecule has 2 rings (SSSR count). The van der Waals surface area contributed by atoms with Crippen LogP contribution in [0.4, 0.5) is 5.69 Å². The maximum atomic E-state index is 12.1. The highest BCUT2D eigenvalue weighted by Crippen LogP contribution is 2.19. The molecule has 0 saturated heterocycles. The summed E-state index contributed by atoms with van der Waals surface area (Å²) in [6, 6.07) is 12.1. The number of hydrogen-bond acceptors (Lipinski definition) is 3. The molecule has 0 atom stereocenters. The summed E-state index contributed by atoms with van der Waals surface area (Å²) < 4.78 is 0. The van der Waals surface area contributed by atoms with Crippen molar-refractivity contribution in [3.05, 3.63) is 57.8 Å². The van der Waals surface area contributed by atoms with Gasteiger partial charge >= 0.3 is 0 Å². The molecule has 0 N–H and O–H groups in total. The summed E-state index contributed by atoms with van der Waals surface area (Å²) in [4.78, 5) is 16.3. The van der Waals surface area contributed by atoms with Gasteiger partial charge in [0.15, 0.2) is 5.78 Å². The Labute approximate surface area is 130 Å². The standard InChI is InChI=1S/C18H21NOS/c1-4-5-16-11-13-18(21-16)17(20)12-8-14-6-9-15(10-7-14)19(2)3/h6-13H,4-5H2,1-3H3/b12-8+. The van der Waals surface area contributed by atoms with Gasteiger partial charge in [0.1, 0.15) is 0 Å². The molecule has 1 aromatic heterocycles. The number of benzene rings is 1. The SMILES string of the molecule is CCCc1ccc(C(=O)/C=C/c2ccc(N(C)C)cc2)s1. The zero-order chi connectivity index (χ0) is 15.2. The first kappa shape index (κ1) is 15.5. The summed E-state index contributed by atoms with van der Waals surface area (Å²) in [6.45, 7) is 2.15. The van der Waals surface area contributed by atoms with Gasteiger partial charge in [-0.2, -0.15) is 0 Å². The van der Waals surface area contributed by atoms with Gasteiger partial charge in [-0.05, 0) is 42.3 Å². The van der Waals surface area contributed by atoms with Crippen molar-refractivity contribution >= 4 is 28.9 Å². The fourth-order valence-electron chi connectivity index (χ4n) is 2.03. The number of thiophene rings is 1. The maximum Gasteiger partial charge on any atom is 0.195 e. The molecule has 0 saturated carbocycles. The molecule has 2 aromatic rings. The molecule has 110 valence electrons. The largest absolute Gasteiger partial charge is 0.378 e. The van der Waals surface area contributed by atoms with Gasteiger partial charge in [0.05, 0.1) is 4.88 Å². The predicted octanol–water partition coefficient (Wildman–Crippen LogP) is 4.66. The molecule has 0 bridgehead atoms. The number of allylic oxidation sites excluding steroid dienone is 1. The first-order chi connectivity index (χ1) is 10.1. The second kappa shape index (κ2) is 7.23. The van der Waals surface area contributed by atoms with E-state index in [9.17, 15) is 4.79 Å². The van der Waals surface area contributed by atoms with Crippen LogP contribution >= 0.6 is 11.3 Å². The molecular weight excluding hydrogens is 278 g/mol. The van der Waals surface area contributed by atoms with Crippen molar-refractivity contribution in [1.82, 2.24) is 0 Å². The third-order valence-corrected chi connectivity index (χ3v) is 4.40. The van der Waals surface area contributed by atoms with Crippen LogP contribution in [0.2, 0.25) is 0 Å². The second-order valence-electron chi connectivity index (χ2n) is 5.20. The fourth-order valence-corrected chi connectivity index (χ4v) is 3.06. The van der Waals surface area contributed by atoms with Gasteiger partial charge in [-0.3, -0.25) is 4.79 Å². The van der Waals surface area contributed by atoms with Gasteiger partial charge in [0.25, 0.3) is 0 Å². The molecule has 0 radical (unpaired) electrons. The minimum atomic E-state index is 0.0824. The molecule has 0 unspecified atom stereocenters. The second-order valence-corrected chi connectivity index (χ2v) is 6.37. The average Bonchev–Trinajstić information content (AvgIpc) is 2.94. The smallest absolute Gasteiger partial charge is 0.195 e. The lowest BCUT2D eigenvalue weighted by atomic mass is 10.1. The first-order valence-electron chi connectivity index (χ1n) is 7.18. The van der Waals surface area contributed by atoms with Crippen molar-refractivity contribution in [3.8, 4) is 0 Å². The quantitative estimate of drug-likeness (QED) is 0.571. The fraction of sp³-hybridized carbons (Fsp3) is 0.278.